The lowest BCUT2D eigenvalue weighted by Gasteiger charge is -2.43. The van der Waals surface area contributed by atoms with Gasteiger partial charge in [0.2, 0.25) is 0 Å². The molecule has 0 aromatic heterocycles. The van der Waals surface area contributed by atoms with Gasteiger partial charge >= 0.3 is 0 Å². The summed E-state index contributed by atoms with van der Waals surface area (Å²) >= 11 is 0. The van der Waals surface area contributed by atoms with Gasteiger partial charge in [0.15, 0.2) is 11.5 Å². The quantitative estimate of drug-likeness (QED) is 0.609. The SMILES string of the molecule is Oc1cc2c(cc1O)C(O)CC1(CCOCC1)O2. The van der Waals surface area contributed by atoms with E-state index in [1.165, 1.54) is 12.1 Å². The highest BCUT2D eigenvalue weighted by Crippen LogP contribution is 2.47. The normalized spacial score (nSPS) is 25.5. The molecular weight excluding hydrogens is 236 g/mol. The van der Waals surface area contributed by atoms with Crippen LogP contribution in [0.15, 0.2) is 12.1 Å². The summed E-state index contributed by atoms with van der Waals surface area (Å²) in [7, 11) is 0. The zero-order valence-corrected chi connectivity index (χ0v) is 9.93. The number of hydrogen-bond donors (Lipinski definition) is 3. The summed E-state index contributed by atoms with van der Waals surface area (Å²) in [6.45, 7) is 1.23. The molecule has 2 heterocycles. The number of phenols is 2. The summed E-state index contributed by atoms with van der Waals surface area (Å²) in [5.41, 5.74) is 0.121. The van der Waals surface area contributed by atoms with Gasteiger partial charge in [-0.1, -0.05) is 0 Å². The number of aromatic hydroxyl groups is 2. The standard InChI is InChI=1S/C13H16O5/c14-9-5-8-11(16)7-13(1-3-17-4-2-13)18-12(8)6-10(9)15/h5-6,11,14-16H,1-4,7H2. The Labute approximate surface area is 105 Å². The van der Waals surface area contributed by atoms with Crippen LogP contribution in [0.5, 0.6) is 17.2 Å². The summed E-state index contributed by atoms with van der Waals surface area (Å²) < 4.78 is 11.3. The van der Waals surface area contributed by atoms with E-state index in [1.54, 1.807) is 0 Å². The summed E-state index contributed by atoms with van der Waals surface area (Å²) in [6, 6.07) is 2.73. The molecule has 1 saturated heterocycles. The van der Waals surface area contributed by atoms with Gasteiger partial charge in [-0.2, -0.15) is 0 Å². The number of aliphatic hydroxyl groups is 1. The van der Waals surface area contributed by atoms with E-state index < -0.39 is 11.7 Å². The van der Waals surface area contributed by atoms with Gasteiger partial charge in [0, 0.05) is 30.9 Å². The molecule has 2 aliphatic heterocycles. The molecule has 5 heteroatoms. The molecule has 18 heavy (non-hydrogen) atoms. The van der Waals surface area contributed by atoms with Crippen molar-refractivity contribution in [2.75, 3.05) is 13.2 Å². The minimum atomic E-state index is -0.682. The topological polar surface area (TPSA) is 79.2 Å². The number of ether oxygens (including phenoxy) is 2. The molecule has 1 unspecified atom stereocenters. The predicted octanol–water partition coefficient (Wildman–Crippen LogP) is 1.46. The zero-order valence-electron chi connectivity index (χ0n) is 9.93. The third-order valence-corrected chi connectivity index (χ3v) is 3.76. The van der Waals surface area contributed by atoms with Gasteiger partial charge in [-0.05, 0) is 6.07 Å². The fraction of sp³-hybridized carbons (Fsp3) is 0.538. The minimum absolute atomic E-state index is 0.231. The Morgan fingerprint density at radius 2 is 1.78 bits per heavy atom. The summed E-state index contributed by atoms with van der Waals surface area (Å²) in [5.74, 6) is -0.0182. The smallest absolute Gasteiger partial charge is 0.161 e. The molecule has 5 nitrogen and oxygen atoms in total. The largest absolute Gasteiger partial charge is 0.504 e. The number of phenolic OH excluding ortho intramolecular Hbond substituents is 2. The van der Waals surface area contributed by atoms with Crippen LogP contribution in [0, 0.1) is 0 Å². The van der Waals surface area contributed by atoms with E-state index in [0.717, 1.165) is 12.8 Å². The molecule has 1 fully saturated rings. The molecule has 3 N–H and O–H groups in total. The second-order valence-corrected chi connectivity index (χ2v) is 5.00. The van der Waals surface area contributed by atoms with Crippen LogP contribution < -0.4 is 4.74 Å². The van der Waals surface area contributed by atoms with Gasteiger partial charge < -0.3 is 24.8 Å². The van der Waals surface area contributed by atoms with Gasteiger partial charge in [0.25, 0.3) is 0 Å². The average molecular weight is 252 g/mol. The Bertz CT molecular complexity index is 465. The van der Waals surface area contributed by atoms with Gasteiger partial charge in [0.05, 0.1) is 19.3 Å². The van der Waals surface area contributed by atoms with Crippen molar-refractivity contribution in [3.63, 3.8) is 0 Å². The number of benzene rings is 1. The molecule has 0 amide bonds. The number of rotatable bonds is 0. The molecule has 0 aliphatic carbocycles. The highest BCUT2D eigenvalue weighted by atomic mass is 16.5. The van der Waals surface area contributed by atoms with Crippen LogP contribution in [0.2, 0.25) is 0 Å². The van der Waals surface area contributed by atoms with Crippen LogP contribution in [0.3, 0.4) is 0 Å². The fourth-order valence-electron chi connectivity index (χ4n) is 2.71. The number of fused-ring (bicyclic) bond motifs is 1. The molecule has 0 bridgehead atoms. The van der Waals surface area contributed by atoms with E-state index in [2.05, 4.69) is 0 Å². The highest BCUT2D eigenvalue weighted by molar-refractivity contribution is 5.51. The van der Waals surface area contributed by atoms with Crippen molar-refractivity contribution >= 4 is 0 Å². The Hall–Kier alpha value is -1.46. The first-order valence-corrected chi connectivity index (χ1v) is 6.10. The van der Waals surface area contributed by atoms with Crippen molar-refractivity contribution in [1.82, 2.24) is 0 Å². The van der Waals surface area contributed by atoms with E-state index >= 15 is 0 Å². The van der Waals surface area contributed by atoms with Crippen LogP contribution in [0.25, 0.3) is 0 Å². The van der Waals surface area contributed by atoms with Crippen LogP contribution in [0.1, 0.15) is 30.9 Å². The monoisotopic (exact) mass is 252 g/mol. The lowest BCUT2D eigenvalue weighted by molar-refractivity contribution is -0.0840. The maximum atomic E-state index is 10.2. The third-order valence-electron chi connectivity index (χ3n) is 3.76. The summed E-state index contributed by atoms with van der Waals surface area (Å²) in [6.07, 6.45) is 1.27. The van der Waals surface area contributed by atoms with Crippen LogP contribution in [-0.2, 0) is 4.74 Å². The van der Waals surface area contributed by atoms with Gasteiger partial charge in [-0.25, -0.2) is 0 Å². The van der Waals surface area contributed by atoms with Crippen molar-refractivity contribution in [2.24, 2.45) is 0 Å². The Morgan fingerprint density at radius 3 is 2.50 bits per heavy atom. The molecule has 0 saturated carbocycles. The number of hydrogen-bond acceptors (Lipinski definition) is 5. The first-order chi connectivity index (χ1) is 8.60. The predicted molar refractivity (Wildman–Crippen MR) is 62.8 cm³/mol. The Kier molecular flexibility index (Phi) is 2.60. The number of aliphatic hydroxyl groups excluding tert-OH is 1. The van der Waals surface area contributed by atoms with Gasteiger partial charge in [-0.3, -0.25) is 0 Å². The average Bonchev–Trinajstić information content (AvgIpc) is 2.33. The lowest BCUT2D eigenvalue weighted by atomic mass is 9.83. The van der Waals surface area contributed by atoms with Gasteiger partial charge in [0.1, 0.15) is 11.4 Å². The van der Waals surface area contributed by atoms with E-state index in [0.29, 0.717) is 30.9 Å². The lowest BCUT2D eigenvalue weighted by Crippen LogP contribution is -2.45. The molecular formula is C13H16O5. The van der Waals surface area contributed by atoms with Crippen molar-refractivity contribution in [2.45, 2.75) is 31.0 Å². The highest BCUT2D eigenvalue weighted by Gasteiger charge is 2.42. The van der Waals surface area contributed by atoms with Gasteiger partial charge in [-0.15, -0.1) is 0 Å². The molecule has 1 spiro atoms. The molecule has 1 aromatic carbocycles. The molecule has 2 aliphatic rings. The second-order valence-electron chi connectivity index (χ2n) is 5.00. The van der Waals surface area contributed by atoms with E-state index in [4.69, 9.17) is 9.47 Å². The fourth-order valence-corrected chi connectivity index (χ4v) is 2.71. The van der Waals surface area contributed by atoms with Crippen molar-refractivity contribution in [1.29, 1.82) is 0 Å². The van der Waals surface area contributed by atoms with E-state index in [1.807, 2.05) is 0 Å². The van der Waals surface area contributed by atoms with E-state index in [9.17, 15) is 15.3 Å². The maximum Gasteiger partial charge on any atom is 0.161 e. The van der Waals surface area contributed by atoms with Crippen molar-refractivity contribution in [3.05, 3.63) is 17.7 Å². The van der Waals surface area contributed by atoms with Crippen LogP contribution >= 0.6 is 0 Å². The Balaban J connectivity index is 1.98. The molecule has 0 radical (unpaired) electrons. The van der Waals surface area contributed by atoms with Crippen LogP contribution in [-0.4, -0.2) is 34.1 Å². The first-order valence-electron chi connectivity index (χ1n) is 6.10. The molecule has 1 aromatic rings. The van der Waals surface area contributed by atoms with Crippen molar-refractivity contribution < 1.29 is 24.8 Å². The van der Waals surface area contributed by atoms with Crippen molar-refractivity contribution in [3.8, 4) is 17.2 Å². The second kappa shape index (κ2) is 4.03. The minimum Gasteiger partial charge on any atom is -0.504 e. The first kappa shape index (κ1) is 11.6. The van der Waals surface area contributed by atoms with E-state index in [-0.39, 0.29) is 11.5 Å². The molecule has 1 atom stereocenters. The zero-order chi connectivity index (χ0) is 12.8. The molecule has 98 valence electrons. The Morgan fingerprint density at radius 1 is 1.11 bits per heavy atom. The summed E-state index contributed by atoms with van der Waals surface area (Å²) in [5, 5.41) is 29.2. The van der Waals surface area contributed by atoms with Crippen LogP contribution in [0.4, 0.5) is 0 Å². The molecule has 3 rings (SSSR count). The third kappa shape index (κ3) is 1.79. The maximum absolute atomic E-state index is 10.2. The summed E-state index contributed by atoms with van der Waals surface area (Å²) in [4.78, 5) is 0.